The topological polar surface area (TPSA) is 39.1 Å². The number of ether oxygens (including phenoxy) is 1. The van der Waals surface area contributed by atoms with E-state index in [1.54, 1.807) is 0 Å². The van der Waals surface area contributed by atoms with E-state index < -0.39 is 0 Å². The highest BCUT2D eigenvalue weighted by atomic mass is 16.5. The lowest BCUT2D eigenvalue weighted by Crippen LogP contribution is -2.18. The zero-order valence-electron chi connectivity index (χ0n) is 11.8. The number of rotatable bonds is 6. The minimum absolute atomic E-state index is 0.417. The second-order valence-corrected chi connectivity index (χ2v) is 5.22. The van der Waals surface area contributed by atoms with Crippen molar-refractivity contribution in [2.75, 3.05) is 13.7 Å². The summed E-state index contributed by atoms with van der Waals surface area (Å²) in [5.74, 6) is 0. The van der Waals surface area contributed by atoms with Crippen molar-refractivity contribution in [1.82, 2.24) is 15.1 Å². The Kier molecular flexibility index (Phi) is 4.78. The predicted octanol–water partition coefficient (Wildman–Crippen LogP) is 2.34. The molecule has 0 amide bonds. The zero-order valence-corrected chi connectivity index (χ0v) is 11.8. The van der Waals surface area contributed by atoms with Crippen molar-refractivity contribution in [1.29, 1.82) is 0 Å². The zero-order chi connectivity index (χ0) is 13.0. The normalized spacial score (nSPS) is 21.4. The molecule has 2 unspecified atom stereocenters. The number of hydrogen-bond donors (Lipinski definition) is 1. The lowest BCUT2D eigenvalue weighted by Gasteiger charge is -2.17. The van der Waals surface area contributed by atoms with Gasteiger partial charge in [0, 0.05) is 31.0 Å². The van der Waals surface area contributed by atoms with Crippen molar-refractivity contribution in [3.8, 4) is 0 Å². The molecule has 1 saturated heterocycles. The molecule has 0 bridgehead atoms. The van der Waals surface area contributed by atoms with Crippen LogP contribution < -0.4 is 5.32 Å². The van der Waals surface area contributed by atoms with Gasteiger partial charge in [-0.3, -0.25) is 4.68 Å². The maximum Gasteiger partial charge on any atom is 0.0576 e. The summed E-state index contributed by atoms with van der Waals surface area (Å²) in [5, 5.41) is 7.73. The summed E-state index contributed by atoms with van der Waals surface area (Å²) in [7, 11) is 4.03. The quantitative estimate of drug-likeness (QED) is 0.843. The van der Waals surface area contributed by atoms with Crippen LogP contribution in [0.25, 0.3) is 0 Å². The van der Waals surface area contributed by atoms with Crippen LogP contribution in [0.1, 0.15) is 49.4 Å². The molecule has 2 heterocycles. The van der Waals surface area contributed by atoms with Crippen LogP contribution in [0.3, 0.4) is 0 Å². The fourth-order valence-corrected chi connectivity index (χ4v) is 2.73. The average molecular weight is 251 g/mol. The Balaban J connectivity index is 1.83. The Labute approximate surface area is 110 Å². The molecule has 0 saturated carbocycles. The number of aryl methyl sites for hydroxylation is 1. The molecular formula is C14H25N3O. The molecule has 18 heavy (non-hydrogen) atoms. The molecule has 4 nitrogen and oxygen atoms in total. The minimum atomic E-state index is 0.417. The first-order valence-electron chi connectivity index (χ1n) is 6.99. The SMILES string of the molecule is CNC(CCCC1CCCO1)c1cnn(C)c1C. The van der Waals surface area contributed by atoms with Crippen molar-refractivity contribution in [3.63, 3.8) is 0 Å². The summed E-state index contributed by atoms with van der Waals surface area (Å²) >= 11 is 0. The molecule has 0 spiro atoms. The summed E-state index contributed by atoms with van der Waals surface area (Å²) in [6.45, 7) is 3.09. The van der Waals surface area contributed by atoms with Gasteiger partial charge in [0.25, 0.3) is 0 Å². The van der Waals surface area contributed by atoms with Crippen LogP contribution in [0.4, 0.5) is 0 Å². The molecule has 1 N–H and O–H groups in total. The van der Waals surface area contributed by atoms with Gasteiger partial charge in [0.15, 0.2) is 0 Å². The van der Waals surface area contributed by atoms with E-state index in [4.69, 9.17) is 4.74 Å². The third-order valence-electron chi connectivity index (χ3n) is 4.04. The van der Waals surface area contributed by atoms with E-state index in [2.05, 4.69) is 17.3 Å². The molecule has 4 heteroatoms. The maximum absolute atomic E-state index is 5.67. The van der Waals surface area contributed by atoms with Crippen molar-refractivity contribution in [2.45, 2.75) is 51.2 Å². The first kappa shape index (κ1) is 13.6. The molecule has 0 aromatic carbocycles. The first-order valence-corrected chi connectivity index (χ1v) is 6.99. The third kappa shape index (κ3) is 3.12. The number of aromatic nitrogens is 2. The number of hydrogen-bond acceptors (Lipinski definition) is 3. The smallest absolute Gasteiger partial charge is 0.0576 e. The molecule has 1 aromatic heterocycles. The molecule has 1 aromatic rings. The highest BCUT2D eigenvalue weighted by Gasteiger charge is 2.18. The second kappa shape index (κ2) is 6.34. The van der Waals surface area contributed by atoms with Gasteiger partial charge >= 0.3 is 0 Å². The highest BCUT2D eigenvalue weighted by Crippen LogP contribution is 2.24. The van der Waals surface area contributed by atoms with Gasteiger partial charge in [-0.25, -0.2) is 0 Å². The highest BCUT2D eigenvalue weighted by molar-refractivity contribution is 5.20. The minimum Gasteiger partial charge on any atom is -0.378 e. The van der Waals surface area contributed by atoms with Gasteiger partial charge in [-0.05, 0) is 46.1 Å². The molecule has 1 fully saturated rings. The molecule has 0 radical (unpaired) electrons. The lowest BCUT2D eigenvalue weighted by molar-refractivity contribution is 0.101. The van der Waals surface area contributed by atoms with E-state index in [0.717, 1.165) is 13.0 Å². The van der Waals surface area contributed by atoms with E-state index in [9.17, 15) is 0 Å². The monoisotopic (exact) mass is 251 g/mol. The molecule has 1 aliphatic rings. The lowest BCUT2D eigenvalue weighted by atomic mass is 10.00. The first-order chi connectivity index (χ1) is 8.72. The summed E-state index contributed by atoms with van der Waals surface area (Å²) < 4.78 is 7.61. The fraction of sp³-hybridized carbons (Fsp3) is 0.786. The largest absolute Gasteiger partial charge is 0.378 e. The number of nitrogens with zero attached hydrogens (tertiary/aromatic N) is 2. The van der Waals surface area contributed by atoms with E-state index in [1.807, 2.05) is 25.0 Å². The Morgan fingerprint density at radius 2 is 2.44 bits per heavy atom. The van der Waals surface area contributed by atoms with Crippen molar-refractivity contribution < 1.29 is 4.74 Å². The van der Waals surface area contributed by atoms with Gasteiger partial charge in [-0.2, -0.15) is 5.10 Å². The van der Waals surface area contributed by atoms with Gasteiger partial charge in [-0.1, -0.05) is 0 Å². The average Bonchev–Trinajstić information content (AvgIpc) is 2.98. The van der Waals surface area contributed by atoms with Crippen LogP contribution in [0.15, 0.2) is 6.20 Å². The Bertz CT molecular complexity index is 369. The van der Waals surface area contributed by atoms with Crippen LogP contribution in [-0.2, 0) is 11.8 Å². The van der Waals surface area contributed by atoms with Gasteiger partial charge in [0.2, 0.25) is 0 Å². The molecular weight excluding hydrogens is 226 g/mol. The van der Waals surface area contributed by atoms with Crippen LogP contribution >= 0.6 is 0 Å². The van der Waals surface area contributed by atoms with E-state index >= 15 is 0 Å². The van der Waals surface area contributed by atoms with Crippen molar-refractivity contribution in [3.05, 3.63) is 17.5 Å². The van der Waals surface area contributed by atoms with Crippen LogP contribution in [0, 0.1) is 6.92 Å². The van der Waals surface area contributed by atoms with Gasteiger partial charge in [-0.15, -0.1) is 0 Å². The summed E-state index contributed by atoms with van der Waals surface area (Å²) in [5.41, 5.74) is 2.58. The van der Waals surface area contributed by atoms with Crippen molar-refractivity contribution >= 4 is 0 Å². The Morgan fingerprint density at radius 3 is 3.00 bits per heavy atom. The molecule has 1 aliphatic heterocycles. The van der Waals surface area contributed by atoms with Gasteiger partial charge < -0.3 is 10.1 Å². The Morgan fingerprint density at radius 1 is 1.61 bits per heavy atom. The van der Waals surface area contributed by atoms with E-state index in [1.165, 1.54) is 36.9 Å². The van der Waals surface area contributed by atoms with Gasteiger partial charge in [0.1, 0.15) is 0 Å². The maximum atomic E-state index is 5.67. The summed E-state index contributed by atoms with van der Waals surface area (Å²) in [6, 6.07) is 0.417. The fourth-order valence-electron chi connectivity index (χ4n) is 2.73. The van der Waals surface area contributed by atoms with E-state index in [-0.39, 0.29) is 0 Å². The third-order valence-corrected chi connectivity index (χ3v) is 4.04. The summed E-state index contributed by atoms with van der Waals surface area (Å²) in [6.07, 6.45) is 8.54. The molecule has 102 valence electrons. The van der Waals surface area contributed by atoms with Crippen LogP contribution in [0.5, 0.6) is 0 Å². The van der Waals surface area contributed by atoms with Crippen molar-refractivity contribution in [2.24, 2.45) is 7.05 Å². The Hall–Kier alpha value is -0.870. The van der Waals surface area contributed by atoms with E-state index in [0.29, 0.717) is 12.1 Å². The van der Waals surface area contributed by atoms with Gasteiger partial charge in [0.05, 0.1) is 12.3 Å². The predicted molar refractivity (Wildman–Crippen MR) is 72.6 cm³/mol. The molecule has 2 rings (SSSR count). The standard InChI is InChI=1S/C14H25N3O/c1-11-13(10-16-17(11)3)14(15-2)8-4-6-12-7-5-9-18-12/h10,12,14-15H,4-9H2,1-3H3. The van der Waals surface area contributed by atoms with Crippen LogP contribution in [0.2, 0.25) is 0 Å². The molecule has 0 aliphatic carbocycles. The van der Waals surface area contributed by atoms with Crippen LogP contribution in [-0.4, -0.2) is 29.5 Å². The second-order valence-electron chi connectivity index (χ2n) is 5.22. The number of nitrogens with one attached hydrogen (secondary N) is 1. The summed E-state index contributed by atoms with van der Waals surface area (Å²) in [4.78, 5) is 0. The molecule has 2 atom stereocenters.